The van der Waals surface area contributed by atoms with Gasteiger partial charge in [0.15, 0.2) is 0 Å². The van der Waals surface area contributed by atoms with E-state index in [4.69, 9.17) is 5.73 Å². The molecule has 0 spiro atoms. The van der Waals surface area contributed by atoms with Crippen LogP contribution in [0.15, 0.2) is 22.7 Å². The molecule has 1 aliphatic rings. The molecule has 2 rings (SSSR count). The van der Waals surface area contributed by atoms with Crippen LogP contribution in [0.1, 0.15) is 24.4 Å². The number of halogens is 2. The molecule has 1 fully saturated rings. The smallest absolute Gasteiger partial charge is 0.137 e. The third-order valence-corrected chi connectivity index (χ3v) is 3.07. The molecule has 1 saturated carbocycles. The van der Waals surface area contributed by atoms with Crippen molar-refractivity contribution in [2.45, 2.75) is 18.9 Å². The zero-order valence-corrected chi connectivity index (χ0v) is 8.72. The average Bonchev–Trinajstić information content (AvgIpc) is 2.91. The first kappa shape index (κ1) is 9.16. The van der Waals surface area contributed by atoms with Crippen molar-refractivity contribution in [3.8, 4) is 0 Å². The fourth-order valence-electron chi connectivity index (χ4n) is 1.45. The van der Waals surface area contributed by atoms with Gasteiger partial charge >= 0.3 is 0 Å². The van der Waals surface area contributed by atoms with Gasteiger partial charge in [-0.3, -0.25) is 0 Å². The van der Waals surface area contributed by atoms with E-state index in [1.165, 1.54) is 18.9 Å². The Hall–Kier alpha value is -0.410. The van der Waals surface area contributed by atoms with Crippen molar-refractivity contribution >= 4 is 15.9 Å². The summed E-state index contributed by atoms with van der Waals surface area (Å²) in [6.07, 6.45) is 2.41. The Morgan fingerprint density at radius 2 is 2.15 bits per heavy atom. The maximum absolute atomic E-state index is 12.9. The summed E-state index contributed by atoms with van der Waals surface area (Å²) in [4.78, 5) is 0. The van der Waals surface area contributed by atoms with Gasteiger partial charge in [0.25, 0.3) is 0 Å². The summed E-state index contributed by atoms with van der Waals surface area (Å²) in [5.74, 6) is 0.379. The minimum Gasteiger partial charge on any atom is -0.324 e. The van der Waals surface area contributed by atoms with Crippen LogP contribution in [0.2, 0.25) is 0 Å². The monoisotopic (exact) mass is 243 g/mol. The van der Waals surface area contributed by atoms with Crippen LogP contribution in [0.4, 0.5) is 4.39 Å². The Kier molecular flexibility index (Phi) is 2.39. The Bertz CT molecular complexity index is 323. The van der Waals surface area contributed by atoms with Crippen LogP contribution in [-0.4, -0.2) is 0 Å². The van der Waals surface area contributed by atoms with Crippen molar-refractivity contribution in [2.75, 3.05) is 0 Å². The molecule has 1 nitrogen and oxygen atoms in total. The quantitative estimate of drug-likeness (QED) is 0.850. The minimum atomic E-state index is -0.230. The fraction of sp³-hybridized carbons (Fsp3) is 0.400. The standard InChI is InChI=1S/C10H11BrFN/c11-8-5-7(3-4-9(8)12)10(13)6-1-2-6/h3-6,10H,1-2,13H2. The number of hydrogen-bond acceptors (Lipinski definition) is 1. The molecule has 70 valence electrons. The van der Waals surface area contributed by atoms with E-state index in [0.717, 1.165) is 5.56 Å². The second-order valence-electron chi connectivity index (χ2n) is 3.54. The summed E-state index contributed by atoms with van der Waals surface area (Å²) in [6, 6.07) is 5.08. The molecular formula is C10H11BrFN. The number of rotatable bonds is 2. The normalized spacial score (nSPS) is 18.7. The highest BCUT2D eigenvalue weighted by Crippen LogP contribution is 2.39. The molecule has 0 amide bonds. The van der Waals surface area contributed by atoms with Crippen LogP contribution in [0.25, 0.3) is 0 Å². The topological polar surface area (TPSA) is 26.0 Å². The number of hydrogen-bond donors (Lipinski definition) is 1. The van der Waals surface area contributed by atoms with E-state index in [9.17, 15) is 4.39 Å². The third kappa shape index (κ3) is 1.92. The van der Waals surface area contributed by atoms with Crippen molar-refractivity contribution in [2.24, 2.45) is 11.7 Å². The van der Waals surface area contributed by atoms with Gasteiger partial charge in [0, 0.05) is 6.04 Å². The van der Waals surface area contributed by atoms with E-state index < -0.39 is 0 Å². The first-order valence-corrected chi connectivity index (χ1v) is 5.18. The predicted molar refractivity (Wildman–Crippen MR) is 53.8 cm³/mol. The van der Waals surface area contributed by atoms with E-state index in [2.05, 4.69) is 15.9 Å². The molecule has 1 unspecified atom stereocenters. The summed E-state index contributed by atoms with van der Waals surface area (Å²) in [5.41, 5.74) is 7.00. The molecule has 1 aliphatic carbocycles. The highest BCUT2D eigenvalue weighted by atomic mass is 79.9. The number of benzene rings is 1. The minimum absolute atomic E-state index is 0.0805. The summed E-state index contributed by atoms with van der Waals surface area (Å²) in [7, 11) is 0. The molecular weight excluding hydrogens is 233 g/mol. The van der Waals surface area contributed by atoms with Crippen molar-refractivity contribution in [1.82, 2.24) is 0 Å². The molecule has 0 aliphatic heterocycles. The van der Waals surface area contributed by atoms with E-state index in [1.807, 2.05) is 0 Å². The fourth-order valence-corrected chi connectivity index (χ4v) is 1.84. The van der Waals surface area contributed by atoms with Gasteiger partial charge in [-0.25, -0.2) is 4.39 Å². The van der Waals surface area contributed by atoms with Gasteiger partial charge in [-0.05, 0) is 52.4 Å². The molecule has 1 aromatic rings. The maximum Gasteiger partial charge on any atom is 0.137 e. The van der Waals surface area contributed by atoms with Crippen molar-refractivity contribution in [1.29, 1.82) is 0 Å². The average molecular weight is 244 g/mol. The molecule has 1 atom stereocenters. The van der Waals surface area contributed by atoms with Crippen LogP contribution in [0.3, 0.4) is 0 Å². The van der Waals surface area contributed by atoms with E-state index >= 15 is 0 Å². The van der Waals surface area contributed by atoms with Gasteiger partial charge < -0.3 is 5.73 Å². The van der Waals surface area contributed by atoms with E-state index in [0.29, 0.717) is 10.4 Å². The van der Waals surface area contributed by atoms with Crippen LogP contribution < -0.4 is 5.73 Å². The Morgan fingerprint density at radius 1 is 1.46 bits per heavy atom. The van der Waals surface area contributed by atoms with Gasteiger partial charge in [-0.2, -0.15) is 0 Å². The highest BCUT2D eigenvalue weighted by Gasteiger charge is 2.29. The first-order chi connectivity index (χ1) is 6.18. The first-order valence-electron chi connectivity index (χ1n) is 4.39. The molecule has 0 aromatic heterocycles. The number of nitrogens with two attached hydrogens (primary N) is 1. The Labute approximate surface area is 85.3 Å². The summed E-state index contributed by atoms with van der Waals surface area (Å²) in [6.45, 7) is 0. The molecule has 0 saturated heterocycles. The molecule has 13 heavy (non-hydrogen) atoms. The van der Waals surface area contributed by atoms with Crippen molar-refractivity contribution in [3.63, 3.8) is 0 Å². The van der Waals surface area contributed by atoms with Gasteiger partial charge in [-0.1, -0.05) is 6.07 Å². The molecule has 2 N–H and O–H groups in total. The Balaban J connectivity index is 2.24. The van der Waals surface area contributed by atoms with Gasteiger partial charge in [0.05, 0.1) is 4.47 Å². The zero-order chi connectivity index (χ0) is 9.42. The second kappa shape index (κ2) is 3.39. The third-order valence-electron chi connectivity index (χ3n) is 2.46. The van der Waals surface area contributed by atoms with Crippen LogP contribution in [0.5, 0.6) is 0 Å². The predicted octanol–water partition coefficient (Wildman–Crippen LogP) is 3.00. The highest BCUT2D eigenvalue weighted by molar-refractivity contribution is 9.10. The van der Waals surface area contributed by atoms with Crippen molar-refractivity contribution < 1.29 is 4.39 Å². The SMILES string of the molecule is NC(c1ccc(F)c(Br)c1)C1CC1. The lowest BCUT2D eigenvalue weighted by Gasteiger charge is -2.10. The molecule has 0 heterocycles. The van der Waals surface area contributed by atoms with Gasteiger partial charge in [0.2, 0.25) is 0 Å². The van der Waals surface area contributed by atoms with E-state index in [1.54, 1.807) is 12.1 Å². The van der Waals surface area contributed by atoms with Crippen LogP contribution in [0, 0.1) is 11.7 Å². The lowest BCUT2D eigenvalue weighted by Crippen LogP contribution is -2.12. The van der Waals surface area contributed by atoms with Gasteiger partial charge in [-0.15, -0.1) is 0 Å². The molecule has 1 aromatic carbocycles. The van der Waals surface area contributed by atoms with Gasteiger partial charge in [0.1, 0.15) is 5.82 Å². The summed E-state index contributed by atoms with van der Waals surface area (Å²) in [5, 5.41) is 0. The zero-order valence-electron chi connectivity index (χ0n) is 7.13. The van der Waals surface area contributed by atoms with Crippen LogP contribution in [-0.2, 0) is 0 Å². The Morgan fingerprint density at radius 3 is 2.69 bits per heavy atom. The lowest BCUT2D eigenvalue weighted by molar-refractivity contribution is 0.607. The summed E-state index contributed by atoms with van der Waals surface area (Å²) >= 11 is 3.15. The maximum atomic E-state index is 12.9. The van der Waals surface area contributed by atoms with Crippen LogP contribution >= 0.6 is 15.9 Å². The second-order valence-corrected chi connectivity index (χ2v) is 4.39. The molecule has 3 heteroatoms. The largest absolute Gasteiger partial charge is 0.324 e. The summed E-state index contributed by atoms with van der Waals surface area (Å²) < 4.78 is 13.4. The van der Waals surface area contributed by atoms with Crippen molar-refractivity contribution in [3.05, 3.63) is 34.1 Å². The lowest BCUT2D eigenvalue weighted by atomic mass is 10.0. The molecule has 0 bridgehead atoms. The molecule has 0 radical (unpaired) electrons. The van der Waals surface area contributed by atoms with E-state index in [-0.39, 0.29) is 11.9 Å².